The van der Waals surface area contributed by atoms with Crippen LogP contribution in [0.1, 0.15) is 5.56 Å². The van der Waals surface area contributed by atoms with Crippen LogP contribution in [-0.2, 0) is 6.61 Å². The number of halogens is 1. The van der Waals surface area contributed by atoms with Gasteiger partial charge in [-0.05, 0) is 30.0 Å². The van der Waals surface area contributed by atoms with Gasteiger partial charge in [0.15, 0.2) is 0 Å². The van der Waals surface area contributed by atoms with Crippen LogP contribution >= 0.6 is 23.4 Å². The molecule has 0 bridgehead atoms. The lowest BCUT2D eigenvalue weighted by molar-refractivity contribution is -0.384. The molecule has 0 unspecified atom stereocenters. The Morgan fingerprint density at radius 1 is 1.23 bits per heavy atom. The van der Waals surface area contributed by atoms with Crippen molar-refractivity contribution in [3.8, 4) is 11.5 Å². The van der Waals surface area contributed by atoms with E-state index >= 15 is 0 Å². The zero-order valence-electron chi connectivity index (χ0n) is 12.0. The molecular weight excluding hydrogens is 326 g/mol. The molecule has 0 aliphatic heterocycles. The third-order valence-corrected chi connectivity index (χ3v) is 4.04. The van der Waals surface area contributed by atoms with Crippen LogP contribution in [0.25, 0.3) is 0 Å². The molecule has 2 aromatic carbocycles. The highest BCUT2D eigenvalue weighted by Gasteiger charge is 2.11. The van der Waals surface area contributed by atoms with Crippen molar-refractivity contribution in [2.24, 2.45) is 0 Å². The van der Waals surface area contributed by atoms with Gasteiger partial charge in [0.25, 0.3) is 5.69 Å². The van der Waals surface area contributed by atoms with E-state index < -0.39 is 4.92 Å². The van der Waals surface area contributed by atoms with E-state index in [2.05, 4.69) is 0 Å². The van der Waals surface area contributed by atoms with E-state index in [4.69, 9.17) is 21.1 Å². The second kappa shape index (κ2) is 7.38. The molecule has 0 aliphatic rings. The molecular formula is C15H14ClNO4S. The first kappa shape index (κ1) is 16.5. The number of nitro groups is 1. The topological polar surface area (TPSA) is 61.6 Å². The summed E-state index contributed by atoms with van der Waals surface area (Å²) < 4.78 is 10.9. The number of benzene rings is 2. The SMILES string of the molecule is COc1cc(COc2ccc([N+](=O)[O-])cc2Cl)ccc1SC. The smallest absolute Gasteiger partial charge is 0.271 e. The number of rotatable bonds is 6. The Hall–Kier alpha value is -1.92. The normalized spacial score (nSPS) is 10.3. The fraction of sp³-hybridized carbons (Fsp3) is 0.200. The third-order valence-electron chi connectivity index (χ3n) is 2.97. The van der Waals surface area contributed by atoms with Crippen LogP contribution in [0.4, 0.5) is 5.69 Å². The van der Waals surface area contributed by atoms with Crippen molar-refractivity contribution in [3.63, 3.8) is 0 Å². The predicted molar refractivity (Wildman–Crippen MR) is 87.2 cm³/mol. The number of ether oxygens (including phenoxy) is 2. The maximum atomic E-state index is 10.7. The first-order valence-corrected chi connectivity index (χ1v) is 7.93. The highest BCUT2D eigenvalue weighted by Crippen LogP contribution is 2.31. The van der Waals surface area contributed by atoms with Crippen molar-refractivity contribution in [1.29, 1.82) is 0 Å². The summed E-state index contributed by atoms with van der Waals surface area (Å²) in [4.78, 5) is 11.2. The Labute approximate surface area is 137 Å². The summed E-state index contributed by atoms with van der Waals surface area (Å²) in [6, 6.07) is 9.92. The van der Waals surface area contributed by atoms with Crippen LogP contribution in [0.3, 0.4) is 0 Å². The van der Waals surface area contributed by atoms with E-state index in [9.17, 15) is 10.1 Å². The molecule has 0 radical (unpaired) electrons. The molecule has 116 valence electrons. The van der Waals surface area contributed by atoms with Crippen LogP contribution in [0.5, 0.6) is 11.5 Å². The van der Waals surface area contributed by atoms with Gasteiger partial charge in [0.1, 0.15) is 18.1 Å². The Kier molecular flexibility index (Phi) is 5.51. The summed E-state index contributed by atoms with van der Waals surface area (Å²) >= 11 is 7.59. The van der Waals surface area contributed by atoms with Crippen molar-refractivity contribution in [2.75, 3.05) is 13.4 Å². The average Bonchev–Trinajstić information content (AvgIpc) is 2.53. The second-order valence-electron chi connectivity index (χ2n) is 4.35. The zero-order chi connectivity index (χ0) is 16.1. The molecule has 0 spiro atoms. The van der Waals surface area contributed by atoms with Crippen molar-refractivity contribution in [1.82, 2.24) is 0 Å². The summed E-state index contributed by atoms with van der Waals surface area (Å²) in [5.74, 6) is 1.18. The third kappa shape index (κ3) is 3.84. The van der Waals surface area contributed by atoms with Crippen LogP contribution in [-0.4, -0.2) is 18.3 Å². The highest BCUT2D eigenvalue weighted by molar-refractivity contribution is 7.98. The fourth-order valence-corrected chi connectivity index (χ4v) is 2.63. The summed E-state index contributed by atoms with van der Waals surface area (Å²) in [6.45, 7) is 0.294. The molecule has 0 N–H and O–H groups in total. The molecule has 0 amide bonds. The molecule has 5 nitrogen and oxygen atoms in total. The zero-order valence-corrected chi connectivity index (χ0v) is 13.6. The molecule has 22 heavy (non-hydrogen) atoms. The fourth-order valence-electron chi connectivity index (χ4n) is 1.85. The maximum absolute atomic E-state index is 10.7. The van der Waals surface area contributed by atoms with Gasteiger partial charge in [0.2, 0.25) is 0 Å². The van der Waals surface area contributed by atoms with Crippen LogP contribution in [0.2, 0.25) is 5.02 Å². The number of nitro benzene ring substituents is 1. The molecule has 2 rings (SSSR count). The average molecular weight is 340 g/mol. The van der Waals surface area contributed by atoms with Crippen LogP contribution in [0.15, 0.2) is 41.3 Å². The van der Waals surface area contributed by atoms with Gasteiger partial charge in [-0.15, -0.1) is 11.8 Å². The largest absolute Gasteiger partial charge is 0.496 e. The molecule has 0 saturated carbocycles. The predicted octanol–water partition coefficient (Wildman–Crippen LogP) is 4.56. The molecule has 7 heteroatoms. The van der Waals surface area contributed by atoms with Gasteiger partial charge in [0.05, 0.1) is 17.1 Å². The van der Waals surface area contributed by atoms with E-state index in [-0.39, 0.29) is 10.7 Å². The van der Waals surface area contributed by atoms with Crippen LogP contribution < -0.4 is 9.47 Å². The van der Waals surface area contributed by atoms with Gasteiger partial charge < -0.3 is 9.47 Å². The Morgan fingerprint density at radius 2 is 2.00 bits per heavy atom. The van der Waals surface area contributed by atoms with E-state index in [0.29, 0.717) is 12.4 Å². The van der Waals surface area contributed by atoms with Crippen molar-refractivity contribution < 1.29 is 14.4 Å². The Bertz CT molecular complexity index is 693. The molecule has 0 saturated heterocycles. The molecule has 0 heterocycles. The minimum Gasteiger partial charge on any atom is -0.496 e. The van der Waals surface area contributed by atoms with Crippen LogP contribution in [0, 0.1) is 10.1 Å². The first-order chi connectivity index (χ1) is 10.5. The van der Waals surface area contributed by atoms with Gasteiger partial charge in [0, 0.05) is 17.0 Å². The quantitative estimate of drug-likeness (QED) is 0.438. The molecule has 0 aliphatic carbocycles. The van der Waals surface area contributed by atoms with E-state index in [1.165, 1.54) is 18.2 Å². The van der Waals surface area contributed by atoms with Crippen molar-refractivity contribution in [2.45, 2.75) is 11.5 Å². The standard InChI is InChI=1S/C15H14ClNO4S/c1-20-14-7-10(3-6-15(14)22-2)9-21-13-5-4-11(17(18)19)8-12(13)16/h3-8H,9H2,1-2H3. The molecule has 0 aromatic heterocycles. The Morgan fingerprint density at radius 3 is 2.59 bits per heavy atom. The number of non-ortho nitro benzene ring substituents is 1. The summed E-state index contributed by atoms with van der Waals surface area (Å²) in [5, 5.41) is 10.9. The minimum absolute atomic E-state index is 0.0663. The monoisotopic (exact) mass is 339 g/mol. The summed E-state index contributed by atoms with van der Waals surface area (Å²) in [6.07, 6.45) is 1.98. The van der Waals surface area contributed by atoms with Crippen molar-refractivity contribution in [3.05, 3.63) is 57.1 Å². The lowest BCUT2D eigenvalue weighted by Gasteiger charge is -2.11. The van der Waals surface area contributed by atoms with Gasteiger partial charge in [-0.25, -0.2) is 0 Å². The summed E-state index contributed by atoms with van der Waals surface area (Å²) in [7, 11) is 1.62. The van der Waals surface area contributed by atoms with Gasteiger partial charge in [-0.1, -0.05) is 17.7 Å². The lowest BCUT2D eigenvalue weighted by atomic mass is 10.2. The molecule has 0 atom stereocenters. The van der Waals surface area contributed by atoms with Crippen molar-refractivity contribution >= 4 is 29.1 Å². The van der Waals surface area contributed by atoms with Gasteiger partial charge in [-0.3, -0.25) is 10.1 Å². The second-order valence-corrected chi connectivity index (χ2v) is 5.61. The maximum Gasteiger partial charge on any atom is 0.271 e. The Balaban J connectivity index is 2.11. The van der Waals surface area contributed by atoms with E-state index in [1.54, 1.807) is 18.9 Å². The molecule has 2 aromatic rings. The lowest BCUT2D eigenvalue weighted by Crippen LogP contribution is -1.98. The number of hydrogen-bond donors (Lipinski definition) is 0. The minimum atomic E-state index is -0.498. The number of methoxy groups -OCH3 is 1. The van der Waals surface area contributed by atoms with Gasteiger partial charge >= 0.3 is 0 Å². The first-order valence-electron chi connectivity index (χ1n) is 6.32. The number of nitrogens with zero attached hydrogens (tertiary/aromatic N) is 1. The number of thioether (sulfide) groups is 1. The van der Waals surface area contributed by atoms with E-state index in [1.807, 2.05) is 24.5 Å². The molecule has 0 fully saturated rings. The summed E-state index contributed by atoms with van der Waals surface area (Å²) in [5.41, 5.74) is 0.854. The number of hydrogen-bond acceptors (Lipinski definition) is 5. The van der Waals surface area contributed by atoms with Gasteiger partial charge in [-0.2, -0.15) is 0 Å². The highest BCUT2D eigenvalue weighted by atomic mass is 35.5. The van der Waals surface area contributed by atoms with E-state index in [0.717, 1.165) is 16.2 Å².